The predicted molar refractivity (Wildman–Crippen MR) is 119 cm³/mol. The van der Waals surface area contributed by atoms with E-state index in [1.54, 1.807) is 4.90 Å². The fraction of sp³-hybridized carbons (Fsp3) is 0.375. The molecule has 0 aromatic heterocycles. The van der Waals surface area contributed by atoms with Gasteiger partial charge in [-0.1, -0.05) is 74.5 Å². The van der Waals surface area contributed by atoms with Crippen LogP contribution in [-0.4, -0.2) is 41.9 Å². The van der Waals surface area contributed by atoms with Crippen LogP contribution in [0.3, 0.4) is 0 Å². The van der Waals surface area contributed by atoms with E-state index in [0.29, 0.717) is 13.1 Å². The molecule has 1 atom stereocenters. The Bertz CT molecular complexity index is 840. The zero-order valence-electron chi connectivity index (χ0n) is 18.3. The molecule has 2 N–H and O–H groups in total. The zero-order chi connectivity index (χ0) is 22.6. The van der Waals surface area contributed by atoms with Crippen molar-refractivity contribution in [1.29, 1.82) is 0 Å². The summed E-state index contributed by atoms with van der Waals surface area (Å²) in [7, 11) is 0. The summed E-state index contributed by atoms with van der Waals surface area (Å²) in [5, 5.41) is 5.24. The van der Waals surface area contributed by atoms with E-state index in [2.05, 4.69) is 10.6 Å². The first-order valence-electron chi connectivity index (χ1n) is 10.5. The Kier molecular flexibility index (Phi) is 9.55. The summed E-state index contributed by atoms with van der Waals surface area (Å²) in [5.41, 5.74) is 1.87. The summed E-state index contributed by atoms with van der Waals surface area (Å²) >= 11 is 0. The van der Waals surface area contributed by atoms with Gasteiger partial charge in [0, 0.05) is 13.1 Å². The molecule has 166 valence electrons. The summed E-state index contributed by atoms with van der Waals surface area (Å²) in [6, 6.07) is 18.2. The number of nitrogens with one attached hydrogen (secondary N) is 2. The number of likely N-dealkylation sites (N-methyl/N-ethyl adjacent to an activating group) is 1. The topological polar surface area (TPSA) is 87.7 Å². The lowest BCUT2D eigenvalue weighted by atomic mass is 10.0. The highest BCUT2D eigenvalue weighted by molar-refractivity contribution is 5.89. The molecule has 2 aromatic carbocycles. The lowest BCUT2D eigenvalue weighted by molar-refractivity contribution is -0.133. The predicted octanol–water partition coefficient (Wildman–Crippen LogP) is 3.10. The number of carbonyl (C=O) groups is 3. The van der Waals surface area contributed by atoms with Crippen molar-refractivity contribution < 1.29 is 19.1 Å². The van der Waals surface area contributed by atoms with Gasteiger partial charge in [-0.05, 0) is 24.0 Å². The monoisotopic (exact) mass is 425 g/mol. The van der Waals surface area contributed by atoms with Crippen LogP contribution < -0.4 is 10.6 Å². The molecule has 0 unspecified atom stereocenters. The van der Waals surface area contributed by atoms with Gasteiger partial charge in [-0.2, -0.15) is 0 Å². The summed E-state index contributed by atoms with van der Waals surface area (Å²) < 4.78 is 5.20. The second-order valence-electron chi connectivity index (χ2n) is 7.54. The first-order valence-corrected chi connectivity index (χ1v) is 10.5. The van der Waals surface area contributed by atoms with Gasteiger partial charge in [0.05, 0.1) is 6.54 Å². The fourth-order valence-electron chi connectivity index (χ4n) is 2.99. The summed E-state index contributed by atoms with van der Waals surface area (Å²) in [4.78, 5) is 39.0. The van der Waals surface area contributed by atoms with Gasteiger partial charge in [-0.25, -0.2) is 4.79 Å². The standard InChI is InChI=1S/C24H31N3O4/c1-4-27(16-19-11-7-5-8-12-19)21(28)15-25-23(29)22(18(2)3)26-24(30)31-17-20-13-9-6-10-14-20/h5-14,18,22H,4,15-17H2,1-3H3,(H,25,29)(H,26,30)/t22-/m0/s1. The molecule has 3 amide bonds. The number of nitrogens with zero attached hydrogens (tertiary/aromatic N) is 1. The zero-order valence-corrected chi connectivity index (χ0v) is 18.3. The highest BCUT2D eigenvalue weighted by Crippen LogP contribution is 2.06. The van der Waals surface area contributed by atoms with Crippen LogP contribution >= 0.6 is 0 Å². The molecule has 0 radical (unpaired) electrons. The number of carbonyl (C=O) groups excluding carboxylic acids is 3. The number of hydrogen-bond donors (Lipinski definition) is 2. The van der Waals surface area contributed by atoms with Gasteiger partial charge in [-0.3, -0.25) is 9.59 Å². The van der Waals surface area contributed by atoms with Crippen molar-refractivity contribution in [3.8, 4) is 0 Å². The average molecular weight is 426 g/mol. The second kappa shape index (κ2) is 12.4. The third kappa shape index (κ3) is 8.12. The van der Waals surface area contributed by atoms with E-state index in [4.69, 9.17) is 4.74 Å². The molecule has 0 fully saturated rings. The van der Waals surface area contributed by atoms with Crippen LogP contribution in [0.1, 0.15) is 31.9 Å². The van der Waals surface area contributed by atoms with Gasteiger partial charge in [0.25, 0.3) is 0 Å². The number of amides is 3. The Morgan fingerprint density at radius 2 is 1.52 bits per heavy atom. The van der Waals surface area contributed by atoms with E-state index >= 15 is 0 Å². The molecule has 0 saturated heterocycles. The molecule has 0 saturated carbocycles. The molecule has 2 aromatic rings. The Morgan fingerprint density at radius 1 is 0.935 bits per heavy atom. The third-order valence-electron chi connectivity index (χ3n) is 4.80. The van der Waals surface area contributed by atoms with Crippen LogP contribution in [0.2, 0.25) is 0 Å². The lowest BCUT2D eigenvalue weighted by Crippen LogP contribution is -2.51. The Hall–Kier alpha value is -3.35. The molecule has 0 aliphatic carbocycles. The summed E-state index contributed by atoms with van der Waals surface area (Å²) in [6.07, 6.45) is -0.678. The van der Waals surface area contributed by atoms with Gasteiger partial charge in [0.2, 0.25) is 11.8 Å². The summed E-state index contributed by atoms with van der Waals surface area (Å²) in [6.45, 7) is 6.51. The molecular formula is C24H31N3O4. The molecule has 0 heterocycles. The first kappa shape index (κ1) is 23.9. The highest BCUT2D eigenvalue weighted by atomic mass is 16.5. The molecule has 0 aliphatic rings. The number of rotatable bonds is 10. The van der Waals surface area contributed by atoms with Crippen molar-refractivity contribution in [2.75, 3.05) is 13.1 Å². The maximum atomic E-state index is 12.6. The molecule has 0 aliphatic heterocycles. The second-order valence-corrected chi connectivity index (χ2v) is 7.54. The van der Waals surface area contributed by atoms with Crippen molar-refractivity contribution in [1.82, 2.24) is 15.5 Å². The maximum absolute atomic E-state index is 12.6. The van der Waals surface area contributed by atoms with Crippen molar-refractivity contribution >= 4 is 17.9 Å². The largest absolute Gasteiger partial charge is 0.445 e. The smallest absolute Gasteiger partial charge is 0.408 e. The van der Waals surface area contributed by atoms with Crippen LogP contribution in [0.25, 0.3) is 0 Å². The van der Waals surface area contributed by atoms with Crippen molar-refractivity contribution in [3.05, 3.63) is 71.8 Å². The fourth-order valence-corrected chi connectivity index (χ4v) is 2.99. The maximum Gasteiger partial charge on any atom is 0.408 e. The van der Waals surface area contributed by atoms with E-state index in [-0.39, 0.29) is 25.0 Å². The average Bonchev–Trinajstić information content (AvgIpc) is 2.79. The van der Waals surface area contributed by atoms with E-state index in [1.807, 2.05) is 81.4 Å². The molecule has 0 spiro atoms. The van der Waals surface area contributed by atoms with Gasteiger partial charge in [0.1, 0.15) is 12.6 Å². The van der Waals surface area contributed by atoms with Crippen LogP contribution in [-0.2, 0) is 27.5 Å². The van der Waals surface area contributed by atoms with E-state index in [1.165, 1.54) is 0 Å². The van der Waals surface area contributed by atoms with Crippen molar-refractivity contribution in [2.24, 2.45) is 5.92 Å². The minimum atomic E-state index is -0.805. The minimum absolute atomic E-state index is 0.114. The third-order valence-corrected chi connectivity index (χ3v) is 4.80. The van der Waals surface area contributed by atoms with Crippen molar-refractivity contribution in [2.45, 2.75) is 40.0 Å². The van der Waals surface area contributed by atoms with Crippen LogP contribution in [0.5, 0.6) is 0 Å². The van der Waals surface area contributed by atoms with Crippen molar-refractivity contribution in [3.63, 3.8) is 0 Å². The van der Waals surface area contributed by atoms with E-state index < -0.39 is 18.0 Å². The number of alkyl carbamates (subject to hydrolysis) is 1. The quantitative estimate of drug-likeness (QED) is 0.612. The number of benzene rings is 2. The van der Waals surface area contributed by atoms with Gasteiger partial charge in [0.15, 0.2) is 0 Å². The highest BCUT2D eigenvalue weighted by Gasteiger charge is 2.25. The molecule has 31 heavy (non-hydrogen) atoms. The van der Waals surface area contributed by atoms with Gasteiger partial charge < -0.3 is 20.3 Å². The van der Waals surface area contributed by atoms with Crippen LogP contribution in [0.15, 0.2) is 60.7 Å². The molecule has 2 rings (SSSR count). The van der Waals surface area contributed by atoms with Gasteiger partial charge >= 0.3 is 6.09 Å². The number of ether oxygens (including phenoxy) is 1. The minimum Gasteiger partial charge on any atom is -0.445 e. The SMILES string of the molecule is CCN(Cc1ccccc1)C(=O)CNC(=O)[C@@H](NC(=O)OCc1ccccc1)C(C)C. The molecule has 7 nitrogen and oxygen atoms in total. The van der Waals surface area contributed by atoms with E-state index in [0.717, 1.165) is 11.1 Å². The normalized spacial score (nSPS) is 11.5. The first-order chi connectivity index (χ1) is 14.9. The summed E-state index contributed by atoms with van der Waals surface area (Å²) in [5.74, 6) is -0.782. The lowest BCUT2D eigenvalue weighted by Gasteiger charge is -2.24. The van der Waals surface area contributed by atoms with Crippen LogP contribution in [0.4, 0.5) is 4.79 Å². The molecule has 0 bridgehead atoms. The van der Waals surface area contributed by atoms with Crippen LogP contribution in [0, 0.1) is 5.92 Å². The molecule has 7 heteroatoms. The molecular weight excluding hydrogens is 394 g/mol. The Morgan fingerprint density at radius 3 is 2.06 bits per heavy atom. The Labute approximate surface area is 183 Å². The van der Waals surface area contributed by atoms with E-state index in [9.17, 15) is 14.4 Å². The number of hydrogen-bond acceptors (Lipinski definition) is 4. The Balaban J connectivity index is 1.84. The van der Waals surface area contributed by atoms with Gasteiger partial charge in [-0.15, -0.1) is 0 Å².